The van der Waals surface area contributed by atoms with Crippen LogP contribution in [0.25, 0.3) is 0 Å². The number of halogens is 2. The fourth-order valence-electron chi connectivity index (χ4n) is 1.68. The number of carbonyl (C=O) groups excluding carboxylic acids is 1. The number of para-hydroxylation sites is 1. The van der Waals surface area contributed by atoms with Crippen molar-refractivity contribution in [2.45, 2.75) is 0 Å². The predicted octanol–water partition coefficient (Wildman–Crippen LogP) is 4.40. The summed E-state index contributed by atoms with van der Waals surface area (Å²) in [5.74, 6) is -0.187. The van der Waals surface area contributed by atoms with Gasteiger partial charge in [-0.25, -0.2) is 0 Å². The molecule has 5 heteroatoms. The minimum Gasteiger partial charge on any atom is -0.387 e. The Kier molecular flexibility index (Phi) is 4.45. The van der Waals surface area contributed by atoms with Crippen LogP contribution in [-0.4, -0.2) is 13.0 Å². The first-order valence-corrected chi connectivity index (χ1v) is 6.82. The van der Waals surface area contributed by atoms with Crippen molar-refractivity contribution in [1.82, 2.24) is 0 Å². The molecule has 0 saturated heterocycles. The van der Waals surface area contributed by atoms with E-state index in [2.05, 4.69) is 26.6 Å². The Labute approximate surface area is 125 Å². The van der Waals surface area contributed by atoms with Crippen LogP contribution in [0.5, 0.6) is 0 Å². The first-order valence-electron chi connectivity index (χ1n) is 5.65. The first kappa shape index (κ1) is 13.9. The summed E-state index contributed by atoms with van der Waals surface area (Å²) in [5.41, 5.74) is 2.00. The summed E-state index contributed by atoms with van der Waals surface area (Å²) in [5, 5.41) is 6.39. The molecule has 0 aliphatic carbocycles. The van der Waals surface area contributed by atoms with Crippen molar-refractivity contribution in [3.63, 3.8) is 0 Å². The van der Waals surface area contributed by atoms with E-state index in [1.165, 1.54) is 0 Å². The molecule has 1 amide bonds. The third kappa shape index (κ3) is 3.28. The average molecular weight is 340 g/mol. The lowest BCUT2D eigenvalue weighted by atomic mass is 10.1. The van der Waals surface area contributed by atoms with E-state index < -0.39 is 0 Å². The van der Waals surface area contributed by atoms with E-state index in [-0.39, 0.29) is 5.91 Å². The Morgan fingerprint density at radius 1 is 1.16 bits per heavy atom. The molecule has 2 aromatic carbocycles. The fraction of sp³-hybridized carbons (Fsp3) is 0.0714. The van der Waals surface area contributed by atoms with Crippen molar-refractivity contribution in [1.29, 1.82) is 0 Å². The number of anilines is 2. The molecule has 2 rings (SSSR count). The molecule has 0 aliphatic rings. The molecule has 0 unspecified atom stereocenters. The Morgan fingerprint density at radius 2 is 1.89 bits per heavy atom. The van der Waals surface area contributed by atoms with E-state index in [0.717, 1.165) is 10.2 Å². The number of nitrogens with one attached hydrogen (secondary N) is 2. The van der Waals surface area contributed by atoms with Crippen LogP contribution in [0.3, 0.4) is 0 Å². The van der Waals surface area contributed by atoms with E-state index in [0.29, 0.717) is 16.3 Å². The highest BCUT2D eigenvalue weighted by Gasteiger charge is 2.11. The smallest absolute Gasteiger partial charge is 0.257 e. The lowest BCUT2D eigenvalue weighted by Gasteiger charge is -2.11. The molecule has 0 saturated carbocycles. The van der Waals surface area contributed by atoms with Gasteiger partial charge in [-0.1, -0.05) is 23.7 Å². The summed E-state index contributed by atoms with van der Waals surface area (Å²) in [6.45, 7) is 0. The van der Waals surface area contributed by atoms with Gasteiger partial charge >= 0.3 is 0 Å². The third-order valence-corrected chi connectivity index (χ3v) is 3.54. The van der Waals surface area contributed by atoms with Crippen LogP contribution in [0, 0.1) is 0 Å². The van der Waals surface area contributed by atoms with E-state index >= 15 is 0 Å². The van der Waals surface area contributed by atoms with Crippen LogP contribution < -0.4 is 10.6 Å². The SMILES string of the molecule is CNc1ccccc1C(=O)Nc1cc(Cl)ccc1Br. The van der Waals surface area contributed by atoms with E-state index in [1.54, 1.807) is 31.3 Å². The molecule has 19 heavy (non-hydrogen) atoms. The summed E-state index contributed by atoms with van der Waals surface area (Å²) in [7, 11) is 1.78. The largest absolute Gasteiger partial charge is 0.387 e. The van der Waals surface area contributed by atoms with Gasteiger partial charge in [-0.15, -0.1) is 0 Å². The van der Waals surface area contributed by atoms with Crippen LogP contribution >= 0.6 is 27.5 Å². The predicted molar refractivity (Wildman–Crippen MR) is 83.1 cm³/mol. The summed E-state index contributed by atoms with van der Waals surface area (Å²) in [6.07, 6.45) is 0. The molecular weight excluding hydrogens is 328 g/mol. The maximum atomic E-state index is 12.2. The van der Waals surface area contributed by atoms with Crippen molar-refractivity contribution in [3.05, 3.63) is 57.5 Å². The summed E-state index contributed by atoms with van der Waals surface area (Å²) >= 11 is 9.30. The Bertz CT molecular complexity index is 616. The van der Waals surface area contributed by atoms with Crippen LogP contribution in [-0.2, 0) is 0 Å². The number of hydrogen-bond donors (Lipinski definition) is 2. The van der Waals surface area contributed by atoms with Crippen molar-refractivity contribution < 1.29 is 4.79 Å². The molecule has 0 bridgehead atoms. The molecule has 2 aromatic rings. The van der Waals surface area contributed by atoms with Gasteiger partial charge in [0.1, 0.15) is 0 Å². The first-order chi connectivity index (χ1) is 9.11. The van der Waals surface area contributed by atoms with Gasteiger partial charge in [-0.2, -0.15) is 0 Å². The van der Waals surface area contributed by atoms with Crippen LogP contribution in [0.1, 0.15) is 10.4 Å². The topological polar surface area (TPSA) is 41.1 Å². The second-order valence-corrected chi connectivity index (χ2v) is 5.16. The highest BCUT2D eigenvalue weighted by atomic mass is 79.9. The molecule has 3 nitrogen and oxygen atoms in total. The molecular formula is C14H12BrClN2O. The maximum absolute atomic E-state index is 12.2. The summed E-state index contributed by atoms with van der Waals surface area (Å²) in [6, 6.07) is 12.6. The van der Waals surface area contributed by atoms with Crippen molar-refractivity contribution in [2.75, 3.05) is 17.7 Å². The average Bonchev–Trinajstić information content (AvgIpc) is 2.42. The van der Waals surface area contributed by atoms with Crippen molar-refractivity contribution in [2.24, 2.45) is 0 Å². The maximum Gasteiger partial charge on any atom is 0.257 e. The van der Waals surface area contributed by atoms with E-state index in [9.17, 15) is 4.79 Å². The molecule has 98 valence electrons. The van der Waals surface area contributed by atoms with Gasteiger partial charge in [0.15, 0.2) is 0 Å². The zero-order valence-corrected chi connectivity index (χ0v) is 12.5. The lowest BCUT2D eigenvalue weighted by Crippen LogP contribution is -2.14. The number of benzene rings is 2. The van der Waals surface area contributed by atoms with Gasteiger partial charge in [-0.05, 0) is 46.3 Å². The van der Waals surface area contributed by atoms with Crippen molar-refractivity contribution in [3.8, 4) is 0 Å². The quantitative estimate of drug-likeness (QED) is 0.870. The van der Waals surface area contributed by atoms with Crippen LogP contribution in [0.15, 0.2) is 46.9 Å². The Morgan fingerprint density at radius 3 is 2.63 bits per heavy atom. The molecule has 0 aromatic heterocycles. The summed E-state index contributed by atoms with van der Waals surface area (Å²) < 4.78 is 0.784. The highest BCUT2D eigenvalue weighted by molar-refractivity contribution is 9.10. The fourth-order valence-corrected chi connectivity index (χ4v) is 2.20. The minimum atomic E-state index is -0.187. The molecule has 0 aliphatic heterocycles. The van der Waals surface area contributed by atoms with E-state index in [1.807, 2.05) is 18.2 Å². The molecule has 2 N–H and O–H groups in total. The minimum absolute atomic E-state index is 0.187. The lowest BCUT2D eigenvalue weighted by molar-refractivity contribution is 0.102. The molecule has 0 spiro atoms. The van der Waals surface area contributed by atoms with Gasteiger partial charge in [0.25, 0.3) is 5.91 Å². The van der Waals surface area contributed by atoms with Crippen molar-refractivity contribution >= 4 is 44.8 Å². The number of hydrogen-bond acceptors (Lipinski definition) is 2. The Balaban J connectivity index is 2.28. The summed E-state index contributed by atoms with van der Waals surface area (Å²) in [4.78, 5) is 12.2. The van der Waals surface area contributed by atoms with Gasteiger partial charge in [0.05, 0.1) is 11.3 Å². The second kappa shape index (κ2) is 6.08. The molecule has 0 heterocycles. The number of amides is 1. The highest BCUT2D eigenvalue weighted by Crippen LogP contribution is 2.27. The normalized spacial score (nSPS) is 10.1. The monoisotopic (exact) mass is 338 g/mol. The van der Waals surface area contributed by atoms with Crippen LogP contribution in [0.2, 0.25) is 5.02 Å². The zero-order chi connectivity index (χ0) is 13.8. The van der Waals surface area contributed by atoms with E-state index in [4.69, 9.17) is 11.6 Å². The number of rotatable bonds is 3. The van der Waals surface area contributed by atoms with Gasteiger partial charge < -0.3 is 10.6 Å². The van der Waals surface area contributed by atoms with Gasteiger partial charge in [-0.3, -0.25) is 4.79 Å². The zero-order valence-electron chi connectivity index (χ0n) is 10.2. The molecule has 0 atom stereocenters. The van der Waals surface area contributed by atoms with Gasteiger partial charge in [0, 0.05) is 22.2 Å². The number of carbonyl (C=O) groups is 1. The van der Waals surface area contributed by atoms with Crippen LogP contribution in [0.4, 0.5) is 11.4 Å². The molecule has 0 fully saturated rings. The Hall–Kier alpha value is -1.52. The second-order valence-electron chi connectivity index (χ2n) is 3.87. The molecule has 0 radical (unpaired) electrons. The standard InChI is InChI=1S/C14H12BrClN2O/c1-17-12-5-3-2-4-10(12)14(19)18-13-8-9(16)6-7-11(13)15/h2-8,17H,1H3,(H,18,19). The third-order valence-electron chi connectivity index (χ3n) is 2.62. The van der Waals surface area contributed by atoms with Gasteiger partial charge in [0.2, 0.25) is 0 Å².